The van der Waals surface area contributed by atoms with Crippen molar-refractivity contribution in [1.82, 2.24) is 9.80 Å². The molecule has 5 nitrogen and oxygen atoms in total. The van der Waals surface area contributed by atoms with Crippen molar-refractivity contribution in [3.63, 3.8) is 0 Å². The third kappa shape index (κ3) is 6.39. The topological polar surface area (TPSA) is 49.9 Å². The number of benzene rings is 2. The highest BCUT2D eigenvalue weighted by atomic mass is 32.1. The molecule has 1 aliphatic rings. The van der Waals surface area contributed by atoms with Crippen LogP contribution in [0, 0.1) is 25.6 Å². The molecule has 7 heteroatoms. The molecule has 0 spiro atoms. The van der Waals surface area contributed by atoms with Gasteiger partial charge in [-0.1, -0.05) is 38.0 Å². The van der Waals surface area contributed by atoms with Crippen LogP contribution in [0.4, 0.5) is 4.39 Å². The van der Waals surface area contributed by atoms with Gasteiger partial charge in [0.1, 0.15) is 24.7 Å². The van der Waals surface area contributed by atoms with Gasteiger partial charge in [0, 0.05) is 23.5 Å². The van der Waals surface area contributed by atoms with Crippen molar-refractivity contribution in [2.75, 3.05) is 26.2 Å². The van der Waals surface area contributed by atoms with Gasteiger partial charge >= 0.3 is 0 Å². The maximum atomic E-state index is 13.8. The summed E-state index contributed by atoms with van der Waals surface area (Å²) in [5.41, 5.74) is 3.73. The number of hydrogen-bond acceptors (Lipinski definition) is 4. The lowest BCUT2D eigenvalue weighted by molar-refractivity contribution is -0.135. The van der Waals surface area contributed by atoms with Gasteiger partial charge in [-0.25, -0.2) is 4.39 Å². The fraction of sp³-hybridized carbons (Fsp3) is 0.400. The molecular formula is C30H35FN2O3S. The summed E-state index contributed by atoms with van der Waals surface area (Å²) in [7, 11) is 0. The Kier molecular flexibility index (Phi) is 8.64. The molecule has 37 heavy (non-hydrogen) atoms. The Morgan fingerprint density at radius 3 is 2.62 bits per heavy atom. The molecule has 2 amide bonds. The van der Waals surface area contributed by atoms with Crippen molar-refractivity contribution in [3.05, 3.63) is 86.9 Å². The van der Waals surface area contributed by atoms with Gasteiger partial charge in [0.2, 0.25) is 5.91 Å². The highest BCUT2D eigenvalue weighted by molar-refractivity contribution is 7.10. The van der Waals surface area contributed by atoms with Gasteiger partial charge in [-0.05, 0) is 79.1 Å². The Morgan fingerprint density at radius 1 is 1.16 bits per heavy atom. The van der Waals surface area contributed by atoms with Crippen LogP contribution in [-0.2, 0) is 11.2 Å². The zero-order chi connectivity index (χ0) is 26.5. The largest absolute Gasteiger partial charge is 0.491 e. The lowest BCUT2D eigenvalue weighted by Crippen LogP contribution is -2.48. The summed E-state index contributed by atoms with van der Waals surface area (Å²) in [5.74, 6) is 0.276. The van der Waals surface area contributed by atoms with Gasteiger partial charge in [-0.3, -0.25) is 9.59 Å². The fourth-order valence-electron chi connectivity index (χ4n) is 4.76. The number of rotatable bonds is 9. The number of thiophene rings is 1. The Balaban J connectivity index is 1.55. The van der Waals surface area contributed by atoms with E-state index in [1.165, 1.54) is 34.7 Å². The Hall–Kier alpha value is -3.19. The summed E-state index contributed by atoms with van der Waals surface area (Å²) < 4.78 is 19.7. The molecule has 3 aromatic rings. The van der Waals surface area contributed by atoms with Crippen LogP contribution in [-0.4, -0.2) is 47.9 Å². The quantitative estimate of drug-likeness (QED) is 0.336. The summed E-state index contributed by atoms with van der Waals surface area (Å²) in [6.45, 7) is 9.56. The van der Waals surface area contributed by atoms with Crippen LogP contribution in [0.3, 0.4) is 0 Å². The van der Waals surface area contributed by atoms with E-state index in [0.717, 1.165) is 29.7 Å². The summed E-state index contributed by atoms with van der Waals surface area (Å²) in [5, 5.41) is 2.07. The Bertz CT molecular complexity index is 1240. The second kappa shape index (κ2) is 11.9. The van der Waals surface area contributed by atoms with Crippen LogP contribution in [0.5, 0.6) is 5.75 Å². The maximum absolute atomic E-state index is 13.8. The van der Waals surface area contributed by atoms with Crippen molar-refractivity contribution < 1.29 is 18.7 Å². The summed E-state index contributed by atoms with van der Waals surface area (Å²) in [6, 6.07) is 13.4. The van der Waals surface area contributed by atoms with Gasteiger partial charge in [-0.15, -0.1) is 11.3 Å². The second-order valence-electron chi connectivity index (χ2n) is 9.94. The van der Waals surface area contributed by atoms with Crippen LogP contribution in [0.2, 0.25) is 0 Å². The Morgan fingerprint density at radius 2 is 1.92 bits per heavy atom. The molecule has 0 N–H and O–H groups in total. The van der Waals surface area contributed by atoms with Gasteiger partial charge < -0.3 is 14.5 Å². The molecule has 0 saturated carbocycles. The average molecular weight is 523 g/mol. The number of ether oxygens (including phenoxy) is 1. The number of carbonyl (C=O) groups excluding carboxylic acids is 2. The number of aryl methyl sites for hydroxylation is 2. The summed E-state index contributed by atoms with van der Waals surface area (Å²) in [4.78, 5) is 31.8. The van der Waals surface area contributed by atoms with Crippen molar-refractivity contribution in [1.29, 1.82) is 0 Å². The lowest BCUT2D eigenvalue weighted by Gasteiger charge is -2.37. The molecule has 0 bridgehead atoms. The monoisotopic (exact) mass is 522 g/mol. The normalized spacial score (nSPS) is 15.7. The van der Waals surface area contributed by atoms with Crippen LogP contribution < -0.4 is 4.74 Å². The fourth-order valence-corrected chi connectivity index (χ4v) is 5.69. The molecule has 0 aliphatic carbocycles. The van der Waals surface area contributed by atoms with Crippen molar-refractivity contribution in [2.24, 2.45) is 5.92 Å². The highest BCUT2D eigenvalue weighted by Crippen LogP contribution is 2.34. The molecule has 0 saturated heterocycles. The van der Waals surface area contributed by atoms with E-state index in [1.54, 1.807) is 16.2 Å². The van der Waals surface area contributed by atoms with Crippen molar-refractivity contribution in [3.8, 4) is 5.75 Å². The number of carbonyl (C=O) groups is 2. The van der Waals surface area contributed by atoms with E-state index < -0.39 is 5.82 Å². The molecule has 1 aromatic heterocycles. The zero-order valence-electron chi connectivity index (χ0n) is 22.0. The lowest BCUT2D eigenvalue weighted by atomic mass is 10.00. The number of amides is 2. The first-order chi connectivity index (χ1) is 17.8. The SMILES string of the molecule is CC[C@@H](C)CN(CC(=O)N1CCc2sccc2[C@@H]1COc1ccc(C)cc1C)C(=O)c1ccc(F)cc1. The first-order valence-electron chi connectivity index (χ1n) is 12.9. The van der Waals surface area contributed by atoms with Gasteiger partial charge in [0.05, 0.1) is 6.04 Å². The highest BCUT2D eigenvalue weighted by Gasteiger charge is 2.34. The van der Waals surface area contributed by atoms with Crippen LogP contribution >= 0.6 is 11.3 Å². The van der Waals surface area contributed by atoms with Crippen LogP contribution in [0.25, 0.3) is 0 Å². The molecule has 2 atom stereocenters. The molecule has 196 valence electrons. The third-order valence-corrected chi connectivity index (χ3v) is 8.07. The molecule has 0 fully saturated rings. The molecule has 0 radical (unpaired) electrons. The molecular weight excluding hydrogens is 487 g/mol. The van der Waals surface area contributed by atoms with Crippen molar-refractivity contribution >= 4 is 23.2 Å². The minimum atomic E-state index is -0.396. The molecule has 4 rings (SSSR count). The van der Waals surface area contributed by atoms with Gasteiger partial charge in [-0.2, -0.15) is 0 Å². The third-order valence-electron chi connectivity index (χ3n) is 7.08. The first-order valence-corrected chi connectivity index (χ1v) is 13.7. The van der Waals surface area contributed by atoms with E-state index in [2.05, 4.69) is 31.4 Å². The van der Waals surface area contributed by atoms with Crippen molar-refractivity contribution in [2.45, 2.75) is 46.6 Å². The first kappa shape index (κ1) is 26.9. The molecule has 0 unspecified atom stereocenters. The van der Waals surface area contributed by atoms with Gasteiger partial charge in [0.25, 0.3) is 5.91 Å². The number of fused-ring (bicyclic) bond motifs is 1. The number of hydrogen-bond donors (Lipinski definition) is 0. The zero-order valence-corrected chi connectivity index (χ0v) is 22.8. The molecule has 2 heterocycles. The van der Waals surface area contributed by atoms with E-state index in [-0.39, 0.29) is 30.3 Å². The predicted molar refractivity (Wildman–Crippen MR) is 146 cm³/mol. The Labute approximate surface area is 222 Å². The maximum Gasteiger partial charge on any atom is 0.254 e. The standard InChI is InChI=1S/C30H35FN2O3S/c1-5-20(2)17-32(30(35)23-7-9-24(31)10-8-23)18-29(34)33-14-12-28-25(13-15-37-28)26(33)19-36-27-11-6-21(3)16-22(27)4/h6-11,13,15-16,20,26H,5,12,14,17-19H2,1-4H3/t20-,26+/m1/s1. The van der Waals surface area contributed by atoms with E-state index in [4.69, 9.17) is 4.74 Å². The second-order valence-corrected chi connectivity index (χ2v) is 10.9. The molecule has 1 aliphatic heterocycles. The van der Waals surface area contributed by atoms with E-state index in [9.17, 15) is 14.0 Å². The summed E-state index contributed by atoms with van der Waals surface area (Å²) in [6.07, 6.45) is 1.67. The smallest absolute Gasteiger partial charge is 0.254 e. The van der Waals surface area contributed by atoms with E-state index in [1.807, 2.05) is 30.9 Å². The minimum absolute atomic E-state index is 0.0277. The number of halogens is 1. The van der Waals surface area contributed by atoms with Crippen LogP contribution in [0.1, 0.15) is 58.2 Å². The predicted octanol–water partition coefficient (Wildman–Crippen LogP) is 6.20. The van der Waals surface area contributed by atoms with Crippen LogP contribution in [0.15, 0.2) is 53.9 Å². The van der Waals surface area contributed by atoms with Gasteiger partial charge in [0.15, 0.2) is 0 Å². The number of nitrogens with zero attached hydrogens (tertiary/aromatic N) is 2. The van der Waals surface area contributed by atoms with E-state index >= 15 is 0 Å². The molecule has 2 aromatic carbocycles. The average Bonchev–Trinajstić information content (AvgIpc) is 3.37. The van der Waals surface area contributed by atoms with E-state index in [0.29, 0.717) is 25.3 Å². The summed E-state index contributed by atoms with van der Waals surface area (Å²) >= 11 is 1.71. The minimum Gasteiger partial charge on any atom is -0.491 e.